The summed E-state index contributed by atoms with van der Waals surface area (Å²) >= 11 is 0. The van der Waals surface area contributed by atoms with Crippen LogP contribution in [0.2, 0.25) is 0 Å². The highest BCUT2D eigenvalue weighted by molar-refractivity contribution is 5.95. The van der Waals surface area contributed by atoms with Crippen molar-refractivity contribution in [2.75, 3.05) is 11.9 Å². The number of anilines is 1. The van der Waals surface area contributed by atoms with Crippen molar-refractivity contribution in [1.29, 1.82) is 0 Å². The Morgan fingerprint density at radius 2 is 2.04 bits per heavy atom. The maximum absolute atomic E-state index is 11.8. The summed E-state index contributed by atoms with van der Waals surface area (Å²) in [5, 5.41) is 5.36. The molecule has 4 aromatic rings. The van der Waals surface area contributed by atoms with Gasteiger partial charge in [0.25, 0.3) is 0 Å². The van der Waals surface area contributed by atoms with Crippen LogP contribution in [0.4, 0.5) is 10.7 Å². The third kappa shape index (κ3) is 3.61. The second-order valence-corrected chi connectivity index (χ2v) is 5.50. The summed E-state index contributed by atoms with van der Waals surface area (Å²) in [6, 6.07) is 5.31. The summed E-state index contributed by atoms with van der Waals surface area (Å²) in [7, 11) is 0. The molecule has 0 aliphatic heterocycles. The fourth-order valence-electron chi connectivity index (χ4n) is 2.64. The second kappa shape index (κ2) is 7.65. The molecule has 0 fully saturated rings. The summed E-state index contributed by atoms with van der Waals surface area (Å²) in [5.74, 6) is 0.904. The van der Waals surface area contributed by atoms with E-state index in [2.05, 4.69) is 35.6 Å². The first-order valence-corrected chi connectivity index (χ1v) is 8.09. The number of benzene rings is 1. The average Bonchev–Trinajstić information content (AvgIpc) is 3.31. The lowest BCUT2D eigenvalue weighted by Crippen LogP contribution is -2.28. The van der Waals surface area contributed by atoms with Gasteiger partial charge in [-0.1, -0.05) is 7.43 Å². The van der Waals surface area contributed by atoms with Gasteiger partial charge in [0.1, 0.15) is 5.52 Å². The molecule has 27 heavy (non-hydrogen) atoms. The van der Waals surface area contributed by atoms with E-state index in [4.69, 9.17) is 0 Å². The number of nitrogens with zero attached hydrogens (tertiary/aromatic N) is 5. The Morgan fingerprint density at radius 1 is 1.22 bits per heavy atom. The molecule has 2 amide bonds. The second-order valence-electron chi connectivity index (χ2n) is 5.50. The van der Waals surface area contributed by atoms with Crippen molar-refractivity contribution in [2.24, 2.45) is 0 Å². The van der Waals surface area contributed by atoms with Crippen LogP contribution in [0.25, 0.3) is 28.1 Å². The summed E-state index contributed by atoms with van der Waals surface area (Å²) in [5.41, 5.74) is 3.06. The van der Waals surface area contributed by atoms with Gasteiger partial charge in [-0.3, -0.25) is 5.32 Å². The van der Waals surface area contributed by atoms with Gasteiger partial charge in [0.15, 0.2) is 5.82 Å². The van der Waals surface area contributed by atoms with Gasteiger partial charge in [-0.25, -0.2) is 24.7 Å². The Hall–Kier alpha value is -3.75. The summed E-state index contributed by atoms with van der Waals surface area (Å²) in [4.78, 5) is 32.2. The lowest BCUT2D eigenvalue weighted by molar-refractivity contribution is 0.252. The molecule has 9 nitrogen and oxygen atoms in total. The van der Waals surface area contributed by atoms with Crippen LogP contribution in [0, 0.1) is 0 Å². The van der Waals surface area contributed by atoms with Gasteiger partial charge >= 0.3 is 6.03 Å². The van der Waals surface area contributed by atoms with Crippen molar-refractivity contribution in [3.8, 4) is 17.1 Å². The maximum Gasteiger partial charge on any atom is 0.321 e. The van der Waals surface area contributed by atoms with Crippen molar-refractivity contribution in [3.05, 3.63) is 49.3 Å². The minimum absolute atomic E-state index is 0. The highest BCUT2D eigenvalue weighted by atomic mass is 16.2. The van der Waals surface area contributed by atoms with E-state index in [1.807, 2.05) is 29.8 Å². The third-order valence-corrected chi connectivity index (χ3v) is 3.75. The zero-order valence-corrected chi connectivity index (χ0v) is 14.0. The Labute approximate surface area is 155 Å². The van der Waals surface area contributed by atoms with E-state index in [0.29, 0.717) is 23.8 Å². The molecule has 0 unspecified atom stereocenters. The lowest BCUT2D eigenvalue weighted by atomic mass is 10.1. The number of imidazole rings is 2. The molecular formula is C18H20N8O. The van der Waals surface area contributed by atoms with Crippen molar-refractivity contribution in [3.63, 3.8) is 0 Å². The molecule has 3 aromatic heterocycles. The molecule has 9 heteroatoms. The minimum Gasteiger partial charge on any atom is -0.338 e. The van der Waals surface area contributed by atoms with Crippen LogP contribution in [-0.2, 0) is 0 Å². The van der Waals surface area contributed by atoms with E-state index in [-0.39, 0.29) is 13.5 Å². The molecule has 0 saturated carbocycles. The number of fused-ring (bicyclic) bond motifs is 1. The molecule has 0 aliphatic carbocycles. The van der Waals surface area contributed by atoms with Crippen molar-refractivity contribution < 1.29 is 4.79 Å². The normalized spacial score (nSPS) is 10.4. The summed E-state index contributed by atoms with van der Waals surface area (Å²) < 4.78 is 1.88. The maximum atomic E-state index is 11.8. The van der Waals surface area contributed by atoms with E-state index in [1.165, 1.54) is 0 Å². The van der Waals surface area contributed by atoms with Crippen LogP contribution in [0.1, 0.15) is 14.4 Å². The molecule has 0 bridgehead atoms. The molecule has 0 spiro atoms. The zero-order valence-electron chi connectivity index (χ0n) is 14.0. The fourth-order valence-corrected chi connectivity index (χ4v) is 2.64. The minimum atomic E-state index is -0.320. The third-order valence-electron chi connectivity index (χ3n) is 3.75. The fraction of sp³-hybridized carbons (Fsp3) is 0.167. The van der Waals surface area contributed by atoms with Gasteiger partial charge in [0.2, 0.25) is 5.95 Å². The molecule has 0 aliphatic rings. The van der Waals surface area contributed by atoms with E-state index in [1.54, 1.807) is 31.0 Å². The first kappa shape index (κ1) is 18.1. The standard InChI is InChI=1S/C17H16N8O.CH4/c1-2-19-17(26)24-16-22-13-9-11(25-7-6-18-10-25)8-12(14(13)23-16)15-20-4-3-5-21-15;/h3-10H,2H2,1H3,(H3,19,22,23,24,26);1H4. The van der Waals surface area contributed by atoms with E-state index in [9.17, 15) is 4.79 Å². The van der Waals surface area contributed by atoms with Gasteiger partial charge in [0, 0.05) is 42.6 Å². The molecule has 0 atom stereocenters. The van der Waals surface area contributed by atoms with Crippen LogP contribution in [0.15, 0.2) is 49.3 Å². The number of urea groups is 1. The number of carbonyl (C=O) groups excluding carboxylic acids is 1. The predicted octanol–water partition coefficient (Wildman–Crippen LogP) is 2.98. The first-order chi connectivity index (χ1) is 12.7. The van der Waals surface area contributed by atoms with Gasteiger partial charge in [-0.15, -0.1) is 0 Å². The Kier molecular flexibility index (Phi) is 5.11. The lowest BCUT2D eigenvalue weighted by Gasteiger charge is -2.06. The number of aromatic amines is 1. The molecule has 1 aromatic carbocycles. The molecule has 3 heterocycles. The molecular weight excluding hydrogens is 344 g/mol. The summed E-state index contributed by atoms with van der Waals surface area (Å²) in [6.45, 7) is 2.38. The first-order valence-electron chi connectivity index (χ1n) is 8.09. The number of rotatable bonds is 4. The quantitative estimate of drug-likeness (QED) is 0.515. The van der Waals surface area contributed by atoms with Gasteiger partial charge < -0.3 is 14.9 Å². The van der Waals surface area contributed by atoms with Gasteiger partial charge in [-0.2, -0.15) is 0 Å². The summed E-state index contributed by atoms with van der Waals surface area (Å²) in [6.07, 6.45) is 8.62. The van der Waals surface area contributed by atoms with Crippen LogP contribution in [0.3, 0.4) is 0 Å². The van der Waals surface area contributed by atoms with Crippen molar-refractivity contribution >= 4 is 23.0 Å². The van der Waals surface area contributed by atoms with E-state index >= 15 is 0 Å². The van der Waals surface area contributed by atoms with Crippen LogP contribution in [0.5, 0.6) is 0 Å². The largest absolute Gasteiger partial charge is 0.338 e. The van der Waals surface area contributed by atoms with Crippen molar-refractivity contribution in [1.82, 2.24) is 34.8 Å². The zero-order chi connectivity index (χ0) is 17.9. The van der Waals surface area contributed by atoms with Crippen LogP contribution in [-0.4, -0.2) is 42.1 Å². The SMILES string of the molecule is C.CCNC(=O)Nc1nc2c(-c3ncccn3)cc(-n3ccnc3)cc2[nH]1. The number of aromatic nitrogens is 6. The van der Waals surface area contributed by atoms with Crippen LogP contribution >= 0.6 is 0 Å². The number of carbonyl (C=O) groups is 1. The number of amides is 2. The predicted molar refractivity (Wildman–Crippen MR) is 104 cm³/mol. The topological polar surface area (TPSA) is 113 Å². The average molecular weight is 364 g/mol. The number of H-pyrrole nitrogens is 1. The molecule has 3 N–H and O–H groups in total. The van der Waals surface area contributed by atoms with E-state index < -0.39 is 0 Å². The highest BCUT2D eigenvalue weighted by Gasteiger charge is 2.15. The molecule has 4 rings (SSSR count). The smallest absolute Gasteiger partial charge is 0.321 e. The Morgan fingerprint density at radius 3 is 2.74 bits per heavy atom. The molecule has 138 valence electrons. The number of nitrogens with one attached hydrogen (secondary N) is 3. The van der Waals surface area contributed by atoms with Gasteiger partial charge in [0.05, 0.1) is 11.8 Å². The Balaban J connectivity index is 0.00000210. The monoisotopic (exact) mass is 364 g/mol. The van der Waals surface area contributed by atoms with Crippen molar-refractivity contribution in [2.45, 2.75) is 14.4 Å². The molecule has 0 radical (unpaired) electrons. The number of hydrogen-bond acceptors (Lipinski definition) is 5. The number of hydrogen-bond donors (Lipinski definition) is 3. The highest BCUT2D eigenvalue weighted by Crippen LogP contribution is 2.29. The van der Waals surface area contributed by atoms with Gasteiger partial charge in [-0.05, 0) is 25.1 Å². The van der Waals surface area contributed by atoms with Crippen LogP contribution < -0.4 is 10.6 Å². The Bertz CT molecular complexity index is 1040. The van der Waals surface area contributed by atoms with E-state index in [0.717, 1.165) is 16.8 Å². The molecule has 0 saturated heterocycles.